The third-order valence-corrected chi connectivity index (χ3v) is 1.39. The molecule has 1 aromatic heterocycles. The standard InChI is InChI=1S/C5H9N3S/c1-4(2)7-5-3-6-8-9-5/h3-4,7H,1-2H3. The molecule has 0 bridgehead atoms. The third kappa shape index (κ3) is 1.97. The van der Waals surface area contributed by atoms with E-state index in [1.165, 1.54) is 11.5 Å². The molecule has 0 atom stereocenters. The molecule has 1 heterocycles. The lowest BCUT2D eigenvalue weighted by molar-refractivity contribution is 0.903. The van der Waals surface area contributed by atoms with E-state index in [2.05, 4.69) is 28.8 Å². The average molecular weight is 143 g/mol. The lowest BCUT2D eigenvalue weighted by Crippen LogP contribution is -2.07. The molecule has 1 N–H and O–H groups in total. The molecule has 3 nitrogen and oxygen atoms in total. The van der Waals surface area contributed by atoms with Gasteiger partial charge in [-0.25, -0.2) is 0 Å². The minimum atomic E-state index is 0.465. The number of nitrogens with zero attached hydrogens (tertiary/aromatic N) is 2. The van der Waals surface area contributed by atoms with Crippen LogP contribution in [0.15, 0.2) is 6.20 Å². The van der Waals surface area contributed by atoms with Crippen molar-refractivity contribution in [3.8, 4) is 0 Å². The van der Waals surface area contributed by atoms with Gasteiger partial charge in [0.15, 0.2) is 0 Å². The van der Waals surface area contributed by atoms with Crippen LogP contribution < -0.4 is 5.32 Å². The molecule has 0 saturated heterocycles. The second-order valence-electron chi connectivity index (χ2n) is 2.08. The number of hydrogen-bond donors (Lipinski definition) is 1. The molecular weight excluding hydrogens is 134 g/mol. The zero-order valence-corrected chi connectivity index (χ0v) is 6.27. The Morgan fingerprint density at radius 1 is 1.67 bits per heavy atom. The third-order valence-electron chi connectivity index (χ3n) is 0.792. The highest BCUT2D eigenvalue weighted by Gasteiger charge is 1.94. The van der Waals surface area contributed by atoms with Gasteiger partial charge in [0.05, 0.1) is 6.20 Å². The summed E-state index contributed by atoms with van der Waals surface area (Å²) in [6.45, 7) is 4.17. The first kappa shape index (κ1) is 6.48. The van der Waals surface area contributed by atoms with Crippen LogP contribution in [-0.4, -0.2) is 15.6 Å². The van der Waals surface area contributed by atoms with Gasteiger partial charge in [-0.1, -0.05) is 4.49 Å². The summed E-state index contributed by atoms with van der Waals surface area (Å²) in [5, 5.41) is 7.89. The van der Waals surface area contributed by atoms with Crippen LogP contribution in [0.25, 0.3) is 0 Å². The maximum absolute atomic E-state index is 3.70. The highest BCUT2D eigenvalue weighted by molar-refractivity contribution is 7.09. The fourth-order valence-corrected chi connectivity index (χ4v) is 1.08. The van der Waals surface area contributed by atoms with Crippen molar-refractivity contribution in [2.75, 3.05) is 5.32 Å². The summed E-state index contributed by atoms with van der Waals surface area (Å²) < 4.78 is 3.70. The van der Waals surface area contributed by atoms with E-state index in [4.69, 9.17) is 0 Å². The molecule has 4 heteroatoms. The van der Waals surface area contributed by atoms with Gasteiger partial charge in [0.2, 0.25) is 0 Å². The van der Waals surface area contributed by atoms with Gasteiger partial charge in [0.25, 0.3) is 0 Å². The van der Waals surface area contributed by atoms with Crippen molar-refractivity contribution in [3.63, 3.8) is 0 Å². The van der Waals surface area contributed by atoms with E-state index in [9.17, 15) is 0 Å². The van der Waals surface area contributed by atoms with Crippen LogP contribution >= 0.6 is 11.5 Å². The highest BCUT2D eigenvalue weighted by atomic mass is 32.1. The van der Waals surface area contributed by atoms with E-state index in [-0.39, 0.29) is 0 Å². The normalized spacial score (nSPS) is 10.1. The monoisotopic (exact) mass is 143 g/mol. The van der Waals surface area contributed by atoms with Crippen LogP contribution in [-0.2, 0) is 0 Å². The fourth-order valence-electron chi connectivity index (χ4n) is 0.515. The van der Waals surface area contributed by atoms with Crippen molar-refractivity contribution in [1.82, 2.24) is 9.59 Å². The number of rotatable bonds is 2. The Morgan fingerprint density at radius 3 is 2.89 bits per heavy atom. The second-order valence-corrected chi connectivity index (χ2v) is 2.87. The largest absolute Gasteiger partial charge is 0.372 e. The van der Waals surface area contributed by atoms with Crippen molar-refractivity contribution >= 4 is 16.5 Å². The fraction of sp³-hybridized carbons (Fsp3) is 0.600. The Hall–Kier alpha value is -0.640. The zero-order valence-electron chi connectivity index (χ0n) is 5.46. The summed E-state index contributed by atoms with van der Waals surface area (Å²) in [5.41, 5.74) is 0. The summed E-state index contributed by atoms with van der Waals surface area (Å²) in [7, 11) is 0. The molecule has 0 spiro atoms. The van der Waals surface area contributed by atoms with Crippen LogP contribution in [0.4, 0.5) is 5.00 Å². The van der Waals surface area contributed by atoms with E-state index in [1.807, 2.05) is 0 Å². The molecule has 0 radical (unpaired) electrons. The topological polar surface area (TPSA) is 37.8 Å². The number of anilines is 1. The summed E-state index contributed by atoms with van der Waals surface area (Å²) in [6, 6.07) is 0.465. The predicted octanol–water partition coefficient (Wildman–Crippen LogP) is 1.36. The Morgan fingerprint density at radius 2 is 2.44 bits per heavy atom. The molecule has 9 heavy (non-hydrogen) atoms. The van der Waals surface area contributed by atoms with Crippen molar-refractivity contribution < 1.29 is 0 Å². The van der Waals surface area contributed by atoms with Gasteiger partial charge in [-0.2, -0.15) is 0 Å². The lowest BCUT2D eigenvalue weighted by atomic mass is 10.4. The quantitative estimate of drug-likeness (QED) is 0.679. The van der Waals surface area contributed by atoms with Gasteiger partial charge in [0, 0.05) is 17.6 Å². The van der Waals surface area contributed by atoms with Crippen molar-refractivity contribution in [1.29, 1.82) is 0 Å². The number of aromatic nitrogens is 2. The highest BCUT2D eigenvalue weighted by Crippen LogP contribution is 2.09. The minimum Gasteiger partial charge on any atom is -0.372 e. The van der Waals surface area contributed by atoms with Gasteiger partial charge in [-0.3, -0.25) is 0 Å². The Balaban J connectivity index is 2.48. The average Bonchev–Trinajstić information content (AvgIpc) is 2.15. The summed E-state index contributed by atoms with van der Waals surface area (Å²) >= 11 is 1.38. The van der Waals surface area contributed by atoms with Crippen molar-refractivity contribution in [2.24, 2.45) is 0 Å². The molecule has 0 aromatic carbocycles. The molecule has 1 aromatic rings. The molecule has 0 amide bonds. The molecule has 0 saturated carbocycles. The van der Waals surface area contributed by atoms with E-state index < -0.39 is 0 Å². The molecule has 0 aliphatic heterocycles. The van der Waals surface area contributed by atoms with E-state index in [0.29, 0.717) is 6.04 Å². The lowest BCUT2D eigenvalue weighted by Gasteiger charge is -2.03. The van der Waals surface area contributed by atoms with Crippen molar-refractivity contribution in [3.05, 3.63) is 6.20 Å². The molecular formula is C5H9N3S. The Bertz CT molecular complexity index is 159. The van der Waals surface area contributed by atoms with Crippen LogP contribution in [0.2, 0.25) is 0 Å². The first-order valence-corrected chi connectivity index (χ1v) is 3.60. The second kappa shape index (κ2) is 2.77. The van der Waals surface area contributed by atoms with Gasteiger partial charge >= 0.3 is 0 Å². The van der Waals surface area contributed by atoms with Crippen LogP contribution in [0, 0.1) is 0 Å². The summed E-state index contributed by atoms with van der Waals surface area (Å²) in [5.74, 6) is 0. The first-order chi connectivity index (χ1) is 4.29. The SMILES string of the molecule is CC(C)Nc1cnns1. The Kier molecular flexibility index (Phi) is 2.00. The molecule has 0 aliphatic carbocycles. The van der Waals surface area contributed by atoms with E-state index >= 15 is 0 Å². The molecule has 50 valence electrons. The zero-order chi connectivity index (χ0) is 6.69. The van der Waals surface area contributed by atoms with Crippen LogP contribution in [0.1, 0.15) is 13.8 Å². The number of nitrogens with one attached hydrogen (secondary N) is 1. The molecule has 0 unspecified atom stereocenters. The van der Waals surface area contributed by atoms with Gasteiger partial charge in [0.1, 0.15) is 5.00 Å². The van der Waals surface area contributed by atoms with Crippen molar-refractivity contribution in [2.45, 2.75) is 19.9 Å². The smallest absolute Gasteiger partial charge is 0.130 e. The first-order valence-electron chi connectivity index (χ1n) is 2.83. The molecule has 1 rings (SSSR count). The van der Waals surface area contributed by atoms with Gasteiger partial charge < -0.3 is 5.32 Å². The molecule has 0 aliphatic rings. The van der Waals surface area contributed by atoms with Crippen LogP contribution in [0.5, 0.6) is 0 Å². The maximum Gasteiger partial charge on any atom is 0.130 e. The summed E-state index contributed by atoms with van der Waals surface area (Å²) in [4.78, 5) is 0. The number of hydrogen-bond acceptors (Lipinski definition) is 4. The van der Waals surface area contributed by atoms with E-state index in [1.54, 1.807) is 6.20 Å². The summed E-state index contributed by atoms with van der Waals surface area (Å²) in [6.07, 6.45) is 1.73. The minimum absolute atomic E-state index is 0.465. The van der Waals surface area contributed by atoms with E-state index in [0.717, 1.165) is 5.00 Å². The van der Waals surface area contributed by atoms with Crippen LogP contribution in [0.3, 0.4) is 0 Å². The molecule has 0 fully saturated rings. The Labute approximate surface area is 58.3 Å². The predicted molar refractivity (Wildman–Crippen MR) is 38.7 cm³/mol. The maximum atomic E-state index is 3.70. The van der Waals surface area contributed by atoms with Gasteiger partial charge in [-0.15, -0.1) is 5.10 Å². The van der Waals surface area contributed by atoms with Gasteiger partial charge in [-0.05, 0) is 13.8 Å².